The number of hydrogen-bond acceptors (Lipinski definition) is 4. The molecule has 1 saturated heterocycles. The zero-order valence-corrected chi connectivity index (χ0v) is 15.6. The number of carbonyl (C=O) groups is 2. The van der Waals surface area contributed by atoms with Gasteiger partial charge in [-0.2, -0.15) is 0 Å². The van der Waals surface area contributed by atoms with E-state index in [1.54, 1.807) is 24.3 Å². The topological polar surface area (TPSA) is 58.6 Å². The third-order valence-electron chi connectivity index (χ3n) is 4.41. The van der Waals surface area contributed by atoms with Gasteiger partial charge < -0.3 is 10.1 Å². The number of carbonyl (C=O) groups excluding carboxylic acids is 2. The SMILES string of the molecule is O=C1CC(Nc2ccc(Oc3ccccc3)cc2)C(=O)N1c1ccc(Cl)cc1. The molecule has 3 aromatic carbocycles. The second-order valence-electron chi connectivity index (χ2n) is 6.38. The number of hydrogen-bond donors (Lipinski definition) is 1. The van der Waals surface area contributed by atoms with Crippen molar-refractivity contribution in [1.29, 1.82) is 0 Å². The van der Waals surface area contributed by atoms with Crippen molar-refractivity contribution in [3.8, 4) is 11.5 Å². The van der Waals surface area contributed by atoms with Crippen LogP contribution in [0.5, 0.6) is 11.5 Å². The summed E-state index contributed by atoms with van der Waals surface area (Å²) in [6, 6.07) is 22.8. The van der Waals surface area contributed by atoms with Gasteiger partial charge in [-0.1, -0.05) is 29.8 Å². The highest BCUT2D eigenvalue weighted by molar-refractivity contribution is 6.30. The van der Waals surface area contributed by atoms with Gasteiger partial charge in [-0.25, -0.2) is 4.90 Å². The van der Waals surface area contributed by atoms with E-state index in [2.05, 4.69) is 5.32 Å². The Hall–Kier alpha value is -3.31. The van der Waals surface area contributed by atoms with Gasteiger partial charge in [-0.15, -0.1) is 0 Å². The molecule has 140 valence electrons. The number of anilines is 2. The van der Waals surface area contributed by atoms with Crippen LogP contribution in [0.25, 0.3) is 0 Å². The number of imide groups is 1. The number of rotatable bonds is 5. The van der Waals surface area contributed by atoms with E-state index >= 15 is 0 Å². The Morgan fingerprint density at radius 1 is 0.857 bits per heavy atom. The Labute approximate surface area is 167 Å². The Bertz CT molecular complexity index is 989. The lowest BCUT2D eigenvalue weighted by atomic mass is 10.2. The fourth-order valence-electron chi connectivity index (χ4n) is 3.05. The average molecular weight is 393 g/mol. The fraction of sp³-hybridized carbons (Fsp3) is 0.0909. The first kappa shape index (κ1) is 18.1. The minimum atomic E-state index is -0.607. The van der Waals surface area contributed by atoms with Crippen LogP contribution in [0.4, 0.5) is 11.4 Å². The van der Waals surface area contributed by atoms with E-state index in [0.29, 0.717) is 16.5 Å². The van der Waals surface area contributed by atoms with Crippen molar-refractivity contribution in [3.63, 3.8) is 0 Å². The van der Waals surface area contributed by atoms with Gasteiger partial charge in [0.25, 0.3) is 5.91 Å². The molecule has 4 rings (SSSR count). The summed E-state index contributed by atoms with van der Waals surface area (Å²) in [4.78, 5) is 26.2. The molecule has 1 unspecified atom stereocenters. The van der Waals surface area contributed by atoms with Gasteiger partial charge >= 0.3 is 0 Å². The molecule has 6 heteroatoms. The summed E-state index contributed by atoms with van der Waals surface area (Å²) in [6.45, 7) is 0. The van der Waals surface area contributed by atoms with E-state index in [0.717, 1.165) is 11.4 Å². The van der Waals surface area contributed by atoms with Crippen LogP contribution in [0.2, 0.25) is 5.02 Å². The maximum atomic E-state index is 12.7. The van der Waals surface area contributed by atoms with E-state index in [-0.39, 0.29) is 18.2 Å². The highest BCUT2D eigenvalue weighted by Gasteiger charge is 2.39. The van der Waals surface area contributed by atoms with Gasteiger partial charge in [0.2, 0.25) is 5.91 Å². The molecule has 1 atom stereocenters. The zero-order valence-electron chi connectivity index (χ0n) is 14.8. The van der Waals surface area contributed by atoms with Crippen molar-refractivity contribution in [2.75, 3.05) is 10.2 Å². The lowest BCUT2D eigenvalue weighted by Gasteiger charge is -2.16. The van der Waals surface area contributed by atoms with Crippen LogP contribution in [0, 0.1) is 0 Å². The molecular formula is C22H17ClN2O3. The largest absolute Gasteiger partial charge is 0.457 e. The van der Waals surface area contributed by atoms with Crippen molar-refractivity contribution >= 4 is 34.8 Å². The van der Waals surface area contributed by atoms with E-state index in [9.17, 15) is 9.59 Å². The van der Waals surface area contributed by atoms with Crippen molar-refractivity contribution < 1.29 is 14.3 Å². The Balaban J connectivity index is 1.43. The predicted octanol–water partition coefficient (Wildman–Crippen LogP) is 4.88. The van der Waals surface area contributed by atoms with Gasteiger partial charge in [-0.05, 0) is 60.7 Å². The molecule has 2 amide bonds. The number of halogens is 1. The number of nitrogens with one attached hydrogen (secondary N) is 1. The molecule has 0 bridgehead atoms. The summed E-state index contributed by atoms with van der Waals surface area (Å²) in [7, 11) is 0. The quantitative estimate of drug-likeness (QED) is 0.629. The monoisotopic (exact) mass is 392 g/mol. The van der Waals surface area contributed by atoms with Crippen LogP contribution in [0.3, 0.4) is 0 Å². The second-order valence-corrected chi connectivity index (χ2v) is 6.82. The number of benzene rings is 3. The standard InChI is InChI=1S/C22H17ClN2O3/c23-15-6-10-17(11-7-15)25-21(26)14-20(22(25)27)24-16-8-12-19(13-9-16)28-18-4-2-1-3-5-18/h1-13,20,24H,14H2. The molecule has 0 spiro atoms. The first-order valence-corrected chi connectivity index (χ1v) is 9.20. The molecule has 0 aromatic heterocycles. The van der Waals surface area contributed by atoms with Crippen LogP contribution in [0.15, 0.2) is 78.9 Å². The summed E-state index contributed by atoms with van der Waals surface area (Å²) in [5.41, 5.74) is 1.26. The van der Waals surface area contributed by atoms with Gasteiger partial charge in [0.15, 0.2) is 0 Å². The van der Waals surface area contributed by atoms with Crippen molar-refractivity contribution in [1.82, 2.24) is 0 Å². The van der Waals surface area contributed by atoms with Gasteiger partial charge in [0, 0.05) is 10.7 Å². The minimum absolute atomic E-state index is 0.101. The molecule has 0 saturated carbocycles. The summed E-state index contributed by atoms with van der Waals surface area (Å²) in [5.74, 6) is 0.914. The maximum Gasteiger partial charge on any atom is 0.256 e. The molecule has 1 aliphatic heterocycles. The van der Waals surface area contributed by atoms with Gasteiger partial charge in [0.05, 0.1) is 12.1 Å². The van der Waals surface area contributed by atoms with E-state index < -0.39 is 6.04 Å². The average Bonchev–Trinajstić information content (AvgIpc) is 2.98. The molecule has 0 aliphatic carbocycles. The first-order chi connectivity index (χ1) is 13.6. The normalized spacial score (nSPS) is 16.3. The van der Waals surface area contributed by atoms with Crippen molar-refractivity contribution in [3.05, 3.63) is 83.9 Å². The highest BCUT2D eigenvalue weighted by Crippen LogP contribution is 2.27. The molecular weight excluding hydrogens is 376 g/mol. The Morgan fingerprint density at radius 2 is 1.50 bits per heavy atom. The third-order valence-corrected chi connectivity index (χ3v) is 4.66. The molecule has 1 heterocycles. The Morgan fingerprint density at radius 3 is 2.18 bits per heavy atom. The minimum Gasteiger partial charge on any atom is -0.457 e. The van der Waals surface area contributed by atoms with Crippen LogP contribution in [0.1, 0.15) is 6.42 Å². The van der Waals surface area contributed by atoms with Crippen LogP contribution >= 0.6 is 11.6 Å². The predicted molar refractivity (Wildman–Crippen MR) is 109 cm³/mol. The van der Waals surface area contributed by atoms with E-state index in [1.807, 2.05) is 54.6 Å². The zero-order chi connectivity index (χ0) is 19.5. The van der Waals surface area contributed by atoms with E-state index in [4.69, 9.17) is 16.3 Å². The summed E-state index contributed by atoms with van der Waals surface area (Å²) in [5, 5.41) is 3.68. The van der Waals surface area contributed by atoms with Crippen LogP contribution < -0.4 is 15.0 Å². The molecule has 0 radical (unpaired) electrons. The molecule has 1 fully saturated rings. The molecule has 3 aromatic rings. The highest BCUT2D eigenvalue weighted by atomic mass is 35.5. The number of amides is 2. The van der Waals surface area contributed by atoms with Crippen molar-refractivity contribution in [2.24, 2.45) is 0 Å². The lowest BCUT2D eigenvalue weighted by molar-refractivity contribution is -0.121. The fourth-order valence-corrected chi connectivity index (χ4v) is 3.18. The lowest BCUT2D eigenvalue weighted by Crippen LogP contribution is -2.34. The smallest absolute Gasteiger partial charge is 0.256 e. The van der Waals surface area contributed by atoms with E-state index in [1.165, 1.54) is 4.90 Å². The van der Waals surface area contributed by atoms with Gasteiger partial charge in [-0.3, -0.25) is 9.59 Å². The molecule has 1 aliphatic rings. The first-order valence-electron chi connectivity index (χ1n) is 8.82. The van der Waals surface area contributed by atoms with Crippen LogP contribution in [-0.4, -0.2) is 17.9 Å². The number of nitrogens with zero attached hydrogens (tertiary/aromatic N) is 1. The van der Waals surface area contributed by atoms with Gasteiger partial charge in [0.1, 0.15) is 17.5 Å². The molecule has 5 nitrogen and oxygen atoms in total. The second kappa shape index (κ2) is 7.74. The number of para-hydroxylation sites is 1. The van der Waals surface area contributed by atoms with Crippen LogP contribution in [-0.2, 0) is 9.59 Å². The molecule has 28 heavy (non-hydrogen) atoms. The number of ether oxygens (including phenoxy) is 1. The Kier molecular flexibility index (Phi) is 5.00. The van der Waals surface area contributed by atoms with Crippen molar-refractivity contribution in [2.45, 2.75) is 12.5 Å². The summed E-state index contributed by atoms with van der Waals surface area (Å²) in [6.07, 6.45) is 0.101. The molecule has 1 N–H and O–H groups in total. The third kappa shape index (κ3) is 3.85. The maximum absolute atomic E-state index is 12.7. The summed E-state index contributed by atoms with van der Waals surface area (Å²) < 4.78 is 5.76. The summed E-state index contributed by atoms with van der Waals surface area (Å²) >= 11 is 5.88.